The molecule has 98 valence electrons. The van der Waals surface area contributed by atoms with Crippen molar-refractivity contribution < 1.29 is 14.2 Å². The van der Waals surface area contributed by atoms with Crippen LogP contribution in [0.25, 0.3) is 0 Å². The zero-order chi connectivity index (χ0) is 12.4. The molecular formula is C14H17BrO3. The first-order chi connectivity index (χ1) is 8.84. The van der Waals surface area contributed by atoms with E-state index < -0.39 is 0 Å². The maximum atomic E-state index is 5.72. The van der Waals surface area contributed by atoms with Gasteiger partial charge in [-0.25, -0.2) is 0 Å². The molecule has 0 saturated carbocycles. The van der Waals surface area contributed by atoms with Gasteiger partial charge in [0, 0.05) is 23.8 Å². The minimum absolute atomic E-state index is 0.331. The molecule has 1 fully saturated rings. The molecule has 0 bridgehead atoms. The highest BCUT2D eigenvalue weighted by Crippen LogP contribution is 2.40. The van der Waals surface area contributed by atoms with E-state index in [0.29, 0.717) is 10.7 Å². The summed E-state index contributed by atoms with van der Waals surface area (Å²) in [6, 6.07) is 6.23. The second-order valence-electron chi connectivity index (χ2n) is 4.78. The largest absolute Gasteiger partial charge is 0.490 e. The average Bonchev–Trinajstić information content (AvgIpc) is 2.83. The maximum absolute atomic E-state index is 5.72. The number of halogens is 1. The Bertz CT molecular complexity index is 416. The monoisotopic (exact) mass is 312 g/mol. The van der Waals surface area contributed by atoms with Crippen LogP contribution in [0, 0.1) is 5.92 Å². The van der Waals surface area contributed by atoms with E-state index in [-0.39, 0.29) is 0 Å². The third kappa shape index (κ3) is 2.50. The second-order valence-corrected chi connectivity index (χ2v) is 5.77. The van der Waals surface area contributed by atoms with Gasteiger partial charge in [-0.15, -0.1) is 0 Å². The minimum Gasteiger partial charge on any atom is -0.490 e. The Hall–Kier alpha value is -0.740. The molecule has 2 aliphatic rings. The second kappa shape index (κ2) is 5.49. The van der Waals surface area contributed by atoms with Gasteiger partial charge in [0.25, 0.3) is 0 Å². The Kier molecular flexibility index (Phi) is 3.75. The molecule has 2 unspecified atom stereocenters. The van der Waals surface area contributed by atoms with Crippen molar-refractivity contribution in [2.75, 3.05) is 26.4 Å². The molecule has 3 nitrogen and oxygen atoms in total. The van der Waals surface area contributed by atoms with Gasteiger partial charge in [0.1, 0.15) is 0 Å². The molecule has 0 radical (unpaired) electrons. The van der Waals surface area contributed by atoms with E-state index in [0.717, 1.165) is 50.8 Å². The molecule has 4 heteroatoms. The van der Waals surface area contributed by atoms with E-state index in [9.17, 15) is 0 Å². The van der Waals surface area contributed by atoms with Crippen molar-refractivity contribution in [3.8, 4) is 11.5 Å². The number of benzene rings is 1. The van der Waals surface area contributed by atoms with Crippen LogP contribution < -0.4 is 9.47 Å². The highest BCUT2D eigenvalue weighted by atomic mass is 79.9. The maximum Gasteiger partial charge on any atom is 0.161 e. The van der Waals surface area contributed by atoms with Crippen LogP contribution in [-0.4, -0.2) is 26.4 Å². The number of alkyl halides is 1. The van der Waals surface area contributed by atoms with Crippen LogP contribution in [0.1, 0.15) is 23.2 Å². The summed E-state index contributed by atoms with van der Waals surface area (Å²) >= 11 is 3.78. The first-order valence-corrected chi connectivity index (χ1v) is 7.37. The van der Waals surface area contributed by atoms with Gasteiger partial charge in [-0.1, -0.05) is 22.0 Å². The molecular weight excluding hydrogens is 296 g/mol. The van der Waals surface area contributed by atoms with Crippen LogP contribution in [0.15, 0.2) is 18.2 Å². The third-order valence-corrected chi connectivity index (χ3v) is 4.75. The molecule has 1 aromatic rings. The van der Waals surface area contributed by atoms with Gasteiger partial charge >= 0.3 is 0 Å². The van der Waals surface area contributed by atoms with E-state index in [2.05, 4.69) is 28.1 Å². The molecule has 1 aromatic carbocycles. The summed E-state index contributed by atoms with van der Waals surface area (Å²) in [5, 5.41) is 0. The van der Waals surface area contributed by atoms with Crippen LogP contribution in [0.2, 0.25) is 0 Å². The van der Waals surface area contributed by atoms with E-state index in [1.165, 1.54) is 5.56 Å². The van der Waals surface area contributed by atoms with Crippen molar-refractivity contribution in [1.82, 2.24) is 0 Å². The van der Waals surface area contributed by atoms with Gasteiger partial charge in [-0.3, -0.25) is 0 Å². The number of fused-ring (bicyclic) bond motifs is 1. The SMILES string of the molecule is BrC(c1ccc2c(c1)OCCCO2)C1CCOC1. The lowest BCUT2D eigenvalue weighted by Gasteiger charge is -2.17. The van der Waals surface area contributed by atoms with Crippen molar-refractivity contribution in [2.24, 2.45) is 5.92 Å². The number of ether oxygens (including phenoxy) is 3. The first kappa shape index (κ1) is 12.3. The summed E-state index contributed by atoms with van der Waals surface area (Å²) < 4.78 is 16.8. The van der Waals surface area contributed by atoms with Crippen molar-refractivity contribution in [2.45, 2.75) is 17.7 Å². The lowest BCUT2D eigenvalue weighted by Crippen LogP contribution is -2.07. The summed E-state index contributed by atoms with van der Waals surface area (Å²) in [4.78, 5) is 0.331. The van der Waals surface area contributed by atoms with Crippen LogP contribution >= 0.6 is 15.9 Å². The summed E-state index contributed by atoms with van der Waals surface area (Å²) in [7, 11) is 0. The van der Waals surface area contributed by atoms with Gasteiger partial charge in [0.05, 0.1) is 19.8 Å². The van der Waals surface area contributed by atoms with Gasteiger partial charge in [-0.05, 0) is 24.1 Å². The quantitative estimate of drug-likeness (QED) is 0.784. The van der Waals surface area contributed by atoms with Crippen LogP contribution in [-0.2, 0) is 4.74 Å². The molecule has 2 aliphatic heterocycles. The summed E-state index contributed by atoms with van der Waals surface area (Å²) in [5.74, 6) is 2.28. The van der Waals surface area contributed by atoms with Gasteiger partial charge < -0.3 is 14.2 Å². The Morgan fingerprint density at radius 2 is 1.94 bits per heavy atom. The zero-order valence-electron chi connectivity index (χ0n) is 10.2. The smallest absolute Gasteiger partial charge is 0.161 e. The van der Waals surface area contributed by atoms with Crippen molar-refractivity contribution in [3.05, 3.63) is 23.8 Å². The molecule has 0 aromatic heterocycles. The Balaban J connectivity index is 1.82. The average molecular weight is 313 g/mol. The number of rotatable bonds is 2. The van der Waals surface area contributed by atoms with Crippen LogP contribution in [0.5, 0.6) is 11.5 Å². The number of hydrogen-bond donors (Lipinski definition) is 0. The normalized spacial score (nSPS) is 24.6. The topological polar surface area (TPSA) is 27.7 Å². The Morgan fingerprint density at radius 3 is 2.72 bits per heavy atom. The molecule has 3 rings (SSSR count). The molecule has 1 saturated heterocycles. The summed E-state index contributed by atoms with van der Waals surface area (Å²) in [6.45, 7) is 3.18. The van der Waals surface area contributed by atoms with E-state index in [1.807, 2.05) is 6.07 Å². The molecule has 2 atom stereocenters. The highest BCUT2D eigenvalue weighted by molar-refractivity contribution is 9.09. The Morgan fingerprint density at radius 1 is 1.11 bits per heavy atom. The van der Waals surface area contributed by atoms with Gasteiger partial charge in [0.15, 0.2) is 11.5 Å². The molecule has 0 amide bonds. The van der Waals surface area contributed by atoms with Crippen LogP contribution in [0.3, 0.4) is 0 Å². The molecule has 0 aliphatic carbocycles. The zero-order valence-corrected chi connectivity index (χ0v) is 11.8. The predicted octanol–water partition coefficient (Wildman–Crippen LogP) is 3.32. The van der Waals surface area contributed by atoms with Crippen LogP contribution in [0.4, 0.5) is 0 Å². The Labute approximate surface area is 116 Å². The fourth-order valence-electron chi connectivity index (χ4n) is 2.41. The third-order valence-electron chi connectivity index (χ3n) is 3.47. The van der Waals surface area contributed by atoms with Gasteiger partial charge in [-0.2, -0.15) is 0 Å². The van der Waals surface area contributed by atoms with E-state index >= 15 is 0 Å². The molecule has 0 N–H and O–H groups in total. The predicted molar refractivity (Wildman–Crippen MR) is 72.6 cm³/mol. The number of hydrogen-bond acceptors (Lipinski definition) is 3. The summed E-state index contributed by atoms with van der Waals surface area (Å²) in [6.07, 6.45) is 2.06. The summed E-state index contributed by atoms with van der Waals surface area (Å²) in [5.41, 5.74) is 1.25. The van der Waals surface area contributed by atoms with E-state index in [4.69, 9.17) is 14.2 Å². The molecule has 2 heterocycles. The molecule has 0 spiro atoms. The van der Waals surface area contributed by atoms with Crippen molar-refractivity contribution in [1.29, 1.82) is 0 Å². The van der Waals surface area contributed by atoms with Crippen molar-refractivity contribution >= 4 is 15.9 Å². The van der Waals surface area contributed by atoms with Gasteiger partial charge in [0.2, 0.25) is 0 Å². The van der Waals surface area contributed by atoms with Crippen molar-refractivity contribution in [3.63, 3.8) is 0 Å². The van der Waals surface area contributed by atoms with E-state index in [1.54, 1.807) is 0 Å². The highest BCUT2D eigenvalue weighted by Gasteiger charge is 2.26. The fourth-order valence-corrected chi connectivity index (χ4v) is 3.11. The lowest BCUT2D eigenvalue weighted by molar-refractivity contribution is 0.185. The lowest BCUT2D eigenvalue weighted by atomic mass is 9.98. The molecule has 18 heavy (non-hydrogen) atoms. The standard InChI is InChI=1S/C14H17BrO3/c15-14(11-4-7-16-9-11)10-2-3-12-13(8-10)18-6-1-5-17-12/h2-3,8,11,14H,1,4-7,9H2. The minimum atomic E-state index is 0.331. The first-order valence-electron chi connectivity index (χ1n) is 6.46. The fraction of sp³-hybridized carbons (Fsp3) is 0.571.